The molecule has 108 valence electrons. The van der Waals surface area contributed by atoms with Crippen molar-refractivity contribution in [3.05, 3.63) is 22.3 Å². The molecule has 3 nitrogen and oxygen atoms in total. The van der Waals surface area contributed by atoms with E-state index in [-0.39, 0.29) is 5.92 Å². The van der Waals surface area contributed by atoms with Gasteiger partial charge in [0.15, 0.2) is 0 Å². The minimum absolute atomic E-state index is 0.199. The average molecular weight is 363 g/mol. The predicted octanol–water partition coefficient (Wildman–Crippen LogP) is 3.87. The van der Waals surface area contributed by atoms with Gasteiger partial charge in [0.25, 0.3) is 6.43 Å². The third kappa shape index (κ3) is 1.89. The lowest BCUT2D eigenvalue weighted by Crippen LogP contribution is -2.34. The van der Waals surface area contributed by atoms with Gasteiger partial charge in [-0.05, 0) is 35.3 Å². The van der Waals surface area contributed by atoms with E-state index < -0.39 is 16.7 Å². The molecule has 0 bridgehead atoms. The molecule has 7 heteroatoms. The van der Waals surface area contributed by atoms with Crippen LogP contribution in [-0.4, -0.2) is 28.8 Å². The fraction of sp³-hybridized carbons (Fsp3) is 0.538. The van der Waals surface area contributed by atoms with Gasteiger partial charge < -0.3 is 4.74 Å². The maximum absolute atomic E-state index is 13.3. The highest BCUT2D eigenvalue weighted by Crippen LogP contribution is 2.67. The normalized spacial score (nSPS) is 35.0. The molecule has 1 fully saturated rings. The van der Waals surface area contributed by atoms with Gasteiger partial charge in [0.05, 0.1) is 22.9 Å². The number of methoxy groups -OCH3 is 1. The van der Waals surface area contributed by atoms with Crippen LogP contribution < -0.4 is 4.74 Å². The first-order valence-electron chi connectivity index (χ1n) is 6.14. The van der Waals surface area contributed by atoms with E-state index in [0.717, 1.165) is 21.8 Å². The number of rotatable bonds is 3. The lowest BCUT2D eigenvalue weighted by molar-refractivity contribution is 0.124. The molecule has 20 heavy (non-hydrogen) atoms. The van der Waals surface area contributed by atoms with Crippen molar-refractivity contribution in [1.82, 2.24) is 4.98 Å². The van der Waals surface area contributed by atoms with Gasteiger partial charge >= 0.3 is 0 Å². The van der Waals surface area contributed by atoms with Crippen molar-refractivity contribution < 1.29 is 13.5 Å². The molecule has 0 radical (unpaired) electrons. The molecule has 3 atom stereocenters. The number of fused-ring (bicyclic) bond motifs is 1. The van der Waals surface area contributed by atoms with Crippen molar-refractivity contribution in [1.29, 1.82) is 0 Å². The van der Waals surface area contributed by atoms with E-state index in [4.69, 9.17) is 4.74 Å². The molecule has 1 aromatic heterocycles. The number of nitrogens with zero attached hydrogens (tertiary/aromatic N) is 2. The van der Waals surface area contributed by atoms with E-state index >= 15 is 0 Å². The summed E-state index contributed by atoms with van der Waals surface area (Å²) in [5.74, 6) is 0.241. The van der Waals surface area contributed by atoms with Crippen LogP contribution in [0.25, 0.3) is 0 Å². The zero-order chi connectivity index (χ0) is 14.5. The van der Waals surface area contributed by atoms with Gasteiger partial charge in [0.2, 0.25) is 5.88 Å². The molecule has 1 aromatic rings. The molecule has 0 spiro atoms. The van der Waals surface area contributed by atoms with Crippen LogP contribution in [0.3, 0.4) is 0 Å². The molecule has 2 heterocycles. The lowest BCUT2D eigenvalue weighted by Gasteiger charge is -2.32. The summed E-state index contributed by atoms with van der Waals surface area (Å²) in [4.78, 5) is 8.70. The van der Waals surface area contributed by atoms with Crippen molar-refractivity contribution in [2.24, 2.45) is 10.9 Å². The Kier molecular flexibility index (Phi) is 3.32. The summed E-state index contributed by atoms with van der Waals surface area (Å²) in [6.07, 6.45) is -0.267. The average Bonchev–Trinajstić information content (AvgIpc) is 3.17. The third-order valence-corrected chi connectivity index (χ3v) is 5.86. The smallest absolute Gasteiger partial charge is 0.253 e. The van der Waals surface area contributed by atoms with Gasteiger partial charge in [-0.15, -0.1) is 11.8 Å². The van der Waals surface area contributed by atoms with E-state index in [1.54, 1.807) is 11.7 Å². The number of hydrogen-bond donors (Lipinski definition) is 0. The molecule has 1 saturated carbocycles. The van der Waals surface area contributed by atoms with E-state index in [2.05, 4.69) is 25.9 Å². The number of aliphatic imine (C=N–C) groups is 1. The number of thioether (sulfide) groups is 1. The number of pyridine rings is 1. The van der Waals surface area contributed by atoms with Crippen LogP contribution in [0.4, 0.5) is 8.78 Å². The molecule has 0 saturated heterocycles. The first kappa shape index (κ1) is 14.3. The van der Waals surface area contributed by atoms with Crippen molar-refractivity contribution in [2.75, 3.05) is 7.11 Å². The van der Waals surface area contributed by atoms with Crippen molar-refractivity contribution in [3.8, 4) is 5.88 Å². The van der Waals surface area contributed by atoms with Gasteiger partial charge in [-0.2, -0.15) is 0 Å². The summed E-state index contributed by atoms with van der Waals surface area (Å²) < 4.78 is 31.7. The molecule has 2 aliphatic rings. The molecule has 3 rings (SSSR count). The Hall–Kier alpha value is -0.690. The number of ether oxygens (including phenoxy) is 1. The van der Waals surface area contributed by atoms with Gasteiger partial charge in [-0.3, -0.25) is 4.99 Å². The minimum atomic E-state index is -2.35. The summed E-state index contributed by atoms with van der Waals surface area (Å²) in [7, 11) is 1.53. The van der Waals surface area contributed by atoms with Crippen LogP contribution >= 0.6 is 27.7 Å². The molecule has 1 aliphatic carbocycles. The highest BCUT2D eigenvalue weighted by Gasteiger charge is 2.70. The molecule has 1 aliphatic heterocycles. The Bertz CT molecular complexity index is 585. The van der Waals surface area contributed by atoms with Crippen molar-refractivity contribution >= 4 is 33.2 Å². The molecule has 0 amide bonds. The van der Waals surface area contributed by atoms with E-state index in [0.29, 0.717) is 12.3 Å². The van der Waals surface area contributed by atoms with Crippen molar-refractivity contribution in [2.45, 2.75) is 30.1 Å². The fourth-order valence-electron chi connectivity index (χ4n) is 2.89. The number of halogens is 3. The summed E-state index contributed by atoms with van der Waals surface area (Å²) in [6, 6.07) is 1.85. The van der Waals surface area contributed by atoms with Gasteiger partial charge in [-0.25, -0.2) is 13.8 Å². The zero-order valence-electron chi connectivity index (χ0n) is 10.9. The highest BCUT2D eigenvalue weighted by atomic mass is 79.9. The summed E-state index contributed by atoms with van der Waals surface area (Å²) in [6.45, 7) is 1.88. The Labute approximate surface area is 128 Å². The topological polar surface area (TPSA) is 34.5 Å². The standard InChI is InChI=1S/C13H13BrF2N2OS/c1-12(8-3-7(14)5-17-10(8)19-2)9-4-13(9,11(15)16)20-6-18-12/h3,5-6,9,11H,4H2,1-2H3/t9-,12+,13-/m0/s1. The summed E-state index contributed by atoms with van der Waals surface area (Å²) in [5, 5.41) is 0. The first-order valence-corrected chi connectivity index (χ1v) is 7.81. The monoisotopic (exact) mass is 362 g/mol. The van der Waals surface area contributed by atoms with Crippen LogP contribution in [0.5, 0.6) is 5.88 Å². The maximum atomic E-state index is 13.3. The van der Waals surface area contributed by atoms with Crippen molar-refractivity contribution in [3.63, 3.8) is 0 Å². The number of aromatic nitrogens is 1. The largest absolute Gasteiger partial charge is 0.481 e. The Balaban J connectivity index is 2.08. The molecule has 0 aromatic carbocycles. The molecule has 0 N–H and O–H groups in total. The minimum Gasteiger partial charge on any atom is -0.481 e. The fourth-order valence-corrected chi connectivity index (χ4v) is 4.45. The Morgan fingerprint density at radius 3 is 2.95 bits per heavy atom. The van der Waals surface area contributed by atoms with Crippen LogP contribution in [0.15, 0.2) is 21.7 Å². The first-order chi connectivity index (χ1) is 9.44. The number of hydrogen-bond acceptors (Lipinski definition) is 4. The predicted molar refractivity (Wildman–Crippen MR) is 78.8 cm³/mol. The van der Waals surface area contributed by atoms with Crippen LogP contribution in [0.2, 0.25) is 0 Å². The zero-order valence-corrected chi connectivity index (χ0v) is 13.3. The van der Waals surface area contributed by atoms with Crippen LogP contribution in [0.1, 0.15) is 18.9 Å². The molecular formula is C13H13BrF2N2OS. The molecule has 0 unspecified atom stereocenters. The highest BCUT2D eigenvalue weighted by molar-refractivity contribution is 9.10. The Morgan fingerprint density at radius 2 is 2.30 bits per heavy atom. The Morgan fingerprint density at radius 1 is 1.55 bits per heavy atom. The number of alkyl halides is 2. The molecular weight excluding hydrogens is 350 g/mol. The summed E-state index contributed by atoms with van der Waals surface area (Å²) in [5.41, 5.74) is 1.58. The lowest BCUT2D eigenvalue weighted by atomic mass is 9.87. The van der Waals surface area contributed by atoms with Crippen LogP contribution in [0, 0.1) is 5.92 Å². The third-order valence-electron chi connectivity index (χ3n) is 4.15. The van der Waals surface area contributed by atoms with E-state index in [9.17, 15) is 8.78 Å². The second-order valence-electron chi connectivity index (χ2n) is 5.22. The van der Waals surface area contributed by atoms with E-state index in [1.807, 2.05) is 13.0 Å². The van der Waals surface area contributed by atoms with Crippen LogP contribution in [-0.2, 0) is 5.54 Å². The van der Waals surface area contributed by atoms with Gasteiger partial charge in [0, 0.05) is 22.2 Å². The van der Waals surface area contributed by atoms with E-state index in [1.165, 1.54) is 7.11 Å². The summed E-state index contributed by atoms with van der Waals surface area (Å²) >= 11 is 4.52. The SMILES string of the molecule is COc1ncc(Br)cc1[C@@]1(C)N=CS[C@@]2(C(F)F)C[C@@H]12. The second-order valence-corrected chi connectivity index (χ2v) is 7.34. The second kappa shape index (κ2) is 4.66. The maximum Gasteiger partial charge on any atom is 0.253 e. The van der Waals surface area contributed by atoms with Gasteiger partial charge in [-0.1, -0.05) is 0 Å². The van der Waals surface area contributed by atoms with Gasteiger partial charge in [0.1, 0.15) is 0 Å². The quantitative estimate of drug-likeness (QED) is 0.818.